The van der Waals surface area contributed by atoms with E-state index in [0.29, 0.717) is 0 Å². The molecule has 13 aromatic rings. The monoisotopic (exact) mass is 1090 g/mol. The first-order valence-corrected chi connectivity index (χ1v) is 29.9. The molecule has 12 aromatic carbocycles. The third-order valence-corrected chi connectivity index (χ3v) is 18.0. The number of hydrogen-bond donors (Lipinski definition) is 0. The Hall–Kier alpha value is -10.1. The average Bonchev–Trinajstić information content (AvgIpc) is 1.17. The van der Waals surface area contributed by atoms with Crippen LogP contribution in [0.2, 0.25) is 0 Å². The van der Waals surface area contributed by atoms with Crippen LogP contribution >= 0.6 is 0 Å². The zero-order chi connectivity index (χ0) is 57.3. The SMILES string of the molecule is CC(C)(C)c1cc2c3c(c1)N1c4c(cc(-c5ccccc5)cc4-c4ccccc4Oc4ccccc4-c4cccc(C(C)(C)C)c41)B3c1ccc(-n3c4ccccc4c4ccccc43)cc1N2c1c(-c2ccccc2)cccc1-c1ccccc1. The highest BCUT2D eigenvalue weighted by Gasteiger charge is 2.48. The van der Waals surface area contributed by atoms with Gasteiger partial charge in [0.2, 0.25) is 0 Å². The minimum atomic E-state index is -0.285. The molecule has 3 aliphatic heterocycles. The Bertz CT molecular complexity index is 4720. The zero-order valence-electron chi connectivity index (χ0n) is 48.7. The summed E-state index contributed by atoms with van der Waals surface area (Å²) in [6, 6.07) is 99.5. The van der Waals surface area contributed by atoms with Crippen LogP contribution < -0.4 is 30.9 Å². The molecule has 16 rings (SSSR count). The largest absolute Gasteiger partial charge is 0.456 e. The molecule has 3 aliphatic rings. The number of para-hydroxylation sites is 6. The molecule has 0 fully saturated rings. The van der Waals surface area contributed by atoms with Crippen LogP contribution in [0.25, 0.3) is 83.1 Å². The maximum atomic E-state index is 7.34. The molecule has 0 aliphatic carbocycles. The van der Waals surface area contributed by atoms with Gasteiger partial charge in [0, 0.05) is 72.6 Å². The van der Waals surface area contributed by atoms with E-state index in [1.54, 1.807) is 0 Å². The fraction of sp³-hybridized carbons (Fsp3) is 0.100. The molecule has 0 unspecified atom stereocenters. The van der Waals surface area contributed by atoms with Gasteiger partial charge in [0.25, 0.3) is 6.71 Å². The highest BCUT2D eigenvalue weighted by Crippen LogP contribution is 2.57. The first-order valence-electron chi connectivity index (χ1n) is 29.9. The predicted molar refractivity (Wildman–Crippen MR) is 359 cm³/mol. The summed E-state index contributed by atoms with van der Waals surface area (Å²) in [5, 5.41) is 2.46. The van der Waals surface area contributed by atoms with Crippen molar-refractivity contribution < 1.29 is 4.74 Å². The van der Waals surface area contributed by atoms with Crippen molar-refractivity contribution in [3.63, 3.8) is 0 Å². The van der Waals surface area contributed by atoms with E-state index in [1.165, 1.54) is 55.0 Å². The second-order valence-electron chi connectivity index (χ2n) is 25.2. The van der Waals surface area contributed by atoms with E-state index in [-0.39, 0.29) is 17.5 Å². The molecule has 1 aromatic heterocycles. The summed E-state index contributed by atoms with van der Waals surface area (Å²) >= 11 is 0. The second-order valence-corrected chi connectivity index (χ2v) is 25.2. The van der Waals surface area contributed by atoms with Crippen LogP contribution in [0.5, 0.6) is 11.5 Å². The summed E-state index contributed by atoms with van der Waals surface area (Å²) in [5.41, 5.74) is 27.2. The normalized spacial score (nSPS) is 13.1. The highest BCUT2D eigenvalue weighted by atomic mass is 16.5. The number of anilines is 6. The van der Waals surface area contributed by atoms with E-state index < -0.39 is 0 Å². The van der Waals surface area contributed by atoms with Gasteiger partial charge in [0.15, 0.2) is 0 Å². The van der Waals surface area contributed by atoms with Gasteiger partial charge in [-0.25, -0.2) is 0 Å². The third kappa shape index (κ3) is 7.97. The smallest absolute Gasteiger partial charge is 0.252 e. The molecule has 0 bridgehead atoms. The molecule has 85 heavy (non-hydrogen) atoms. The first kappa shape index (κ1) is 50.6. The fourth-order valence-electron chi connectivity index (χ4n) is 14.1. The molecule has 4 heterocycles. The van der Waals surface area contributed by atoms with E-state index in [9.17, 15) is 0 Å². The zero-order valence-corrected chi connectivity index (χ0v) is 48.7. The van der Waals surface area contributed by atoms with Crippen molar-refractivity contribution >= 4 is 79.0 Å². The summed E-state index contributed by atoms with van der Waals surface area (Å²) in [5.74, 6) is 1.63. The van der Waals surface area contributed by atoms with E-state index in [2.05, 4.69) is 323 Å². The van der Waals surface area contributed by atoms with E-state index in [1.807, 2.05) is 0 Å². The highest BCUT2D eigenvalue weighted by molar-refractivity contribution is 7.00. The van der Waals surface area contributed by atoms with Crippen molar-refractivity contribution in [3.05, 3.63) is 278 Å². The van der Waals surface area contributed by atoms with Crippen molar-refractivity contribution in [1.82, 2.24) is 4.57 Å². The van der Waals surface area contributed by atoms with Crippen molar-refractivity contribution in [2.75, 3.05) is 9.80 Å². The Morgan fingerprint density at radius 1 is 0.329 bits per heavy atom. The number of benzene rings is 12. The number of hydrogen-bond acceptors (Lipinski definition) is 3. The van der Waals surface area contributed by atoms with Gasteiger partial charge in [-0.1, -0.05) is 254 Å². The molecule has 4 nitrogen and oxygen atoms in total. The number of nitrogens with zero attached hydrogens (tertiary/aromatic N) is 3. The lowest BCUT2D eigenvalue weighted by Gasteiger charge is -2.47. The molecule has 0 N–H and O–H groups in total. The molecule has 0 radical (unpaired) electrons. The molecule has 0 spiro atoms. The molecule has 406 valence electrons. The Morgan fingerprint density at radius 2 is 0.835 bits per heavy atom. The number of fused-ring (bicyclic) bond motifs is 13. The lowest BCUT2D eigenvalue weighted by atomic mass is 9.33. The lowest BCUT2D eigenvalue weighted by Crippen LogP contribution is -2.62. The first-order chi connectivity index (χ1) is 41.5. The van der Waals surface area contributed by atoms with Gasteiger partial charge in [-0.05, 0) is 115 Å². The lowest BCUT2D eigenvalue weighted by molar-refractivity contribution is 0.486. The molecular formula is C80H62BN3O. The van der Waals surface area contributed by atoms with Crippen LogP contribution in [-0.2, 0) is 10.8 Å². The van der Waals surface area contributed by atoms with Crippen LogP contribution in [0, 0.1) is 0 Å². The van der Waals surface area contributed by atoms with Crippen molar-refractivity contribution in [1.29, 1.82) is 0 Å². The van der Waals surface area contributed by atoms with E-state index in [4.69, 9.17) is 4.74 Å². The maximum Gasteiger partial charge on any atom is 0.252 e. The Labute approximate surface area is 498 Å². The van der Waals surface area contributed by atoms with Gasteiger partial charge in [-0.2, -0.15) is 0 Å². The van der Waals surface area contributed by atoms with E-state index >= 15 is 0 Å². The van der Waals surface area contributed by atoms with Gasteiger partial charge in [-0.15, -0.1) is 0 Å². The van der Waals surface area contributed by atoms with Gasteiger partial charge >= 0.3 is 0 Å². The molecule has 0 atom stereocenters. The molecule has 5 heteroatoms. The van der Waals surface area contributed by atoms with E-state index in [0.717, 1.165) is 101 Å². The minimum Gasteiger partial charge on any atom is -0.456 e. The molecule has 0 saturated heterocycles. The van der Waals surface area contributed by atoms with Crippen LogP contribution in [-0.4, -0.2) is 11.3 Å². The summed E-state index contributed by atoms with van der Waals surface area (Å²) in [6.45, 7) is 14.0. The quantitative estimate of drug-likeness (QED) is 0.160. The predicted octanol–water partition coefficient (Wildman–Crippen LogP) is 19.9. The number of aromatic nitrogens is 1. The molecule has 0 saturated carbocycles. The fourth-order valence-corrected chi connectivity index (χ4v) is 14.1. The number of ether oxygens (including phenoxy) is 1. The van der Waals surface area contributed by atoms with Gasteiger partial charge in [0.1, 0.15) is 11.5 Å². The summed E-state index contributed by atoms with van der Waals surface area (Å²) in [4.78, 5) is 5.40. The maximum absolute atomic E-state index is 7.34. The van der Waals surface area contributed by atoms with Crippen molar-refractivity contribution in [3.8, 4) is 72.8 Å². The summed E-state index contributed by atoms with van der Waals surface area (Å²) < 4.78 is 9.83. The summed E-state index contributed by atoms with van der Waals surface area (Å²) in [7, 11) is 0. The van der Waals surface area contributed by atoms with Gasteiger partial charge in [0.05, 0.1) is 22.4 Å². The van der Waals surface area contributed by atoms with Crippen LogP contribution in [0.1, 0.15) is 52.7 Å². The van der Waals surface area contributed by atoms with Crippen molar-refractivity contribution in [2.24, 2.45) is 0 Å². The Morgan fingerprint density at radius 3 is 1.44 bits per heavy atom. The molecular weight excluding hydrogens is 1030 g/mol. The van der Waals surface area contributed by atoms with Crippen LogP contribution in [0.15, 0.2) is 267 Å². The minimum absolute atomic E-state index is 0.233. The van der Waals surface area contributed by atoms with Crippen LogP contribution in [0.3, 0.4) is 0 Å². The Kier molecular flexibility index (Phi) is 11.5. The van der Waals surface area contributed by atoms with Crippen LogP contribution in [0.4, 0.5) is 34.1 Å². The standard InChI is InChI=1S/C80H62BN3O/c1-79(2,3)55-48-71-75-72(49-55)84-77-63(38-25-39-65(77)80(4,5)6)61-34-18-22-42-73(61)85-74-43-23-19-35-62(74)64-46-54(51-26-10-7-11-27-51)47-67(78(64)84)81(75)66-45-44-56(82-68-40-20-16-32-59(68)60-33-17-21-41-69(60)82)50-70(66)83(71)76-57(52-28-12-8-13-29-52)36-24-37-58(76)53-30-14-9-15-31-53/h7-50H,1-6H3. The van der Waals surface area contributed by atoms with Gasteiger partial charge < -0.3 is 19.1 Å². The third-order valence-electron chi connectivity index (χ3n) is 18.0. The Balaban J connectivity index is 1.13. The average molecular weight is 1090 g/mol. The topological polar surface area (TPSA) is 20.6 Å². The van der Waals surface area contributed by atoms with Crippen molar-refractivity contribution in [2.45, 2.75) is 52.4 Å². The second kappa shape index (κ2) is 19.2. The summed E-state index contributed by atoms with van der Waals surface area (Å²) in [6.07, 6.45) is 0. The number of rotatable bonds is 5. The van der Waals surface area contributed by atoms with Gasteiger partial charge in [-0.3, -0.25) is 0 Å². The molecule has 0 amide bonds.